The third-order valence-electron chi connectivity index (χ3n) is 5.99. The smallest absolute Gasteiger partial charge is 0.258 e. The second-order valence-corrected chi connectivity index (χ2v) is 9.60. The third kappa shape index (κ3) is 3.77. The first-order valence-electron chi connectivity index (χ1n) is 9.94. The average molecular weight is 419 g/mol. The largest absolute Gasteiger partial charge is 0.396 e. The number of aliphatic hydroxyl groups excluding tert-OH is 1. The molecule has 29 heavy (non-hydrogen) atoms. The molecule has 2 heterocycles. The quantitative estimate of drug-likeness (QED) is 0.718. The molecule has 0 saturated carbocycles. The van der Waals surface area contributed by atoms with Crippen LogP contribution in [-0.2, 0) is 14.8 Å². The molecule has 2 aromatic carbocycles. The topological polar surface area (TPSA) is 95.9 Å². The molecule has 1 amide bonds. The van der Waals surface area contributed by atoms with E-state index in [1.54, 1.807) is 37.4 Å². The van der Waals surface area contributed by atoms with Crippen LogP contribution in [0, 0.1) is 11.8 Å². The highest BCUT2D eigenvalue weighted by molar-refractivity contribution is 7.89. The molecular weight excluding hydrogens is 392 g/mol. The van der Waals surface area contributed by atoms with Gasteiger partial charge in [0.25, 0.3) is 5.91 Å². The van der Waals surface area contributed by atoms with E-state index in [4.69, 9.17) is 4.74 Å². The summed E-state index contributed by atoms with van der Waals surface area (Å²) in [4.78, 5) is 14.1. The maximum Gasteiger partial charge on any atom is 0.258 e. The van der Waals surface area contributed by atoms with Crippen molar-refractivity contribution in [1.29, 1.82) is 0 Å². The van der Waals surface area contributed by atoms with E-state index in [-0.39, 0.29) is 29.9 Å². The SMILES string of the molecule is CN1C(=O)c2cccc3c(S(=O)(=O)NCC(CO)CC4CCOCC4)ccc1c23. The maximum absolute atomic E-state index is 13.1. The lowest BCUT2D eigenvalue weighted by atomic mass is 9.89. The normalized spacial score (nSPS) is 18.6. The fraction of sp³-hybridized carbons (Fsp3) is 0.476. The second kappa shape index (κ2) is 8.02. The molecule has 2 aromatic rings. The molecule has 1 atom stereocenters. The average Bonchev–Trinajstić information content (AvgIpc) is 2.98. The number of nitrogens with one attached hydrogen (secondary N) is 1. The Labute approximate surface area is 170 Å². The van der Waals surface area contributed by atoms with Gasteiger partial charge in [-0.05, 0) is 49.3 Å². The monoisotopic (exact) mass is 418 g/mol. The lowest BCUT2D eigenvalue weighted by Gasteiger charge is -2.26. The van der Waals surface area contributed by atoms with Crippen molar-refractivity contribution in [2.24, 2.45) is 11.8 Å². The second-order valence-electron chi connectivity index (χ2n) is 7.87. The summed E-state index contributed by atoms with van der Waals surface area (Å²) in [5.74, 6) is 0.172. The van der Waals surface area contributed by atoms with Crippen LogP contribution in [0.3, 0.4) is 0 Å². The fourth-order valence-electron chi connectivity index (χ4n) is 4.32. The molecule has 1 unspecified atom stereocenters. The number of sulfonamides is 1. The molecular formula is C21H26N2O5S. The van der Waals surface area contributed by atoms with Crippen molar-refractivity contribution in [2.45, 2.75) is 24.2 Å². The number of nitrogens with zero attached hydrogens (tertiary/aromatic N) is 1. The van der Waals surface area contributed by atoms with E-state index >= 15 is 0 Å². The minimum atomic E-state index is -3.79. The van der Waals surface area contributed by atoms with Crippen molar-refractivity contribution in [1.82, 2.24) is 4.72 Å². The Kier molecular flexibility index (Phi) is 5.61. The molecule has 7 nitrogen and oxygen atoms in total. The maximum atomic E-state index is 13.1. The predicted octanol–water partition coefficient (Wildman–Crippen LogP) is 2.13. The molecule has 1 fully saturated rings. The number of aliphatic hydroxyl groups is 1. The molecule has 0 spiro atoms. The molecule has 0 aromatic heterocycles. The first kappa shape index (κ1) is 20.3. The van der Waals surface area contributed by atoms with Crippen LogP contribution in [-0.4, -0.2) is 52.8 Å². The number of hydrogen-bond acceptors (Lipinski definition) is 5. The Bertz CT molecular complexity index is 1030. The summed E-state index contributed by atoms with van der Waals surface area (Å²) < 4.78 is 34.1. The summed E-state index contributed by atoms with van der Waals surface area (Å²) >= 11 is 0. The highest BCUT2D eigenvalue weighted by Crippen LogP contribution is 2.39. The first-order valence-corrected chi connectivity index (χ1v) is 11.4. The summed E-state index contributed by atoms with van der Waals surface area (Å²) in [5, 5.41) is 10.9. The van der Waals surface area contributed by atoms with Crippen molar-refractivity contribution in [2.75, 3.05) is 38.3 Å². The van der Waals surface area contributed by atoms with Gasteiger partial charge in [0.15, 0.2) is 0 Å². The van der Waals surface area contributed by atoms with Crippen LogP contribution in [0.1, 0.15) is 29.6 Å². The molecule has 2 aliphatic rings. The van der Waals surface area contributed by atoms with Gasteiger partial charge >= 0.3 is 0 Å². The summed E-state index contributed by atoms with van der Waals surface area (Å²) in [6, 6.07) is 8.38. The van der Waals surface area contributed by atoms with E-state index in [1.165, 1.54) is 4.90 Å². The zero-order valence-corrected chi connectivity index (χ0v) is 17.2. The van der Waals surface area contributed by atoms with Gasteiger partial charge < -0.3 is 14.7 Å². The highest BCUT2D eigenvalue weighted by Gasteiger charge is 2.30. The number of rotatable bonds is 7. The van der Waals surface area contributed by atoms with Crippen molar-refractivity contribution < 1.29 is 23.1 Å². The zero-order valence-electron chi connectivity index (χ0n) is 16.4. The van der Waals surface area contributed by atoms with Crippen molar-refractivity contribution in [3.05, 3.63) is 35.9 Å². The lowest BCUT2D eigenvalue weighted by Crippen LogP contribution is -2.32. The highest BCUT2D eigenvalue weighted by atomic mass is 32.2. The molecule has 8 heteroatoms. The van der Waals surface area contributed by atoms with Crippen LogP contribution in [0.15, 0.2) is 35.2 Å². The van der Waals surface area contributed by atoms with Crippen LogP contribution in [0.25, 0.3) is 10.8 Å². The van der Waals surface area contributed by atoms with Gasteiger partial charge in [-0.25, -0.2) is 13.1 Å². The van der Waals surface area contributed by atoms with Crippen LogP contribution in [0.5, 0.6) is 0 Å². The summed E-state index contributed by atoms with van der Waals surface area (Å²) in [6.45, 7) is 1.56. The van der Waals surface area contributed by atoms with Gasteiger partial charge in [-0.3, -0.25) is 4.79 Å². The molecule has 2 N–H and O–H groups in total. The minimum Gasteiger partial charge on any atom is -0.396 e. The molecule has 156 valence electrons. The minimum absolute atomic E-state index is 0.0665. The molecule has 0 radical (unpaired) electrons. The van der Waals surface area contributed by atoms with Gasteiger partial charge in [0.1, 0.15) is 0 Å². The van der Waals surface area contributed by atoms with Crippen molar-refractivity contribution in [3.63, 3.8) is 0 Å². The molecule has 1 saturated heterocycles. The van der Waals surface area contributed by atoms with E-state index in [1.807, 2.05) is 0 Å². The predicted molar refractivity (Wildman–Crippen MR) is 111 cm³/mol. The van der Waals surface area contributed by atoms with Crippen LogP contribution >= 0.6 is 0 Å². The van der Waals surface area contributed by atoms with Crippen LogP contribution < -0.4 is 9.62 Å². The molecule has 0 bridgehead atoms. The zero-order chi connectivity index (χ0) is 20.6. The van der Waals surface area contributed by atoms with Gasteiger partial charge in [0.2, 0.25) is 10.0 Å². The van der Waals surface area contributed by atoms with E-state index in [0.29, 0.717) is 27.9 Å². The van der Waals surface area contributed by atoms with Gasteiger partial charge in [0, 0.05) is 49.7 Å². The summed E-state index contributed by atoms with van der Waals surface area (Å²) in [6.07, 6.45) is 2.66. The Morgan fingerprint density at radius 3 is 2.72 bits per heavy atom. The summed E-state index contributed by atoms with van der Waals surface area (Å²) in [7, 11) is -2.10. The van der Waals surface area contributed by atoms with E-state index in [2.05, 4.69) is 4.72 Å². The van der Waals surface area contributed by atoms with E-state index in [9.17, 15) is 18.3 Å². The van der Waals surface area contributed by atoms with Gasteiger partial charge in [-0.2, -0.15) is 0 Å². The number of carbonyl (C=O) groups is 1. The number of carbonyl (C=O) groups excluding carboxylic acids is 1. The van der Waals surface area contributed by atoms with Crippen LogP contribution in [0.2, 0.25) is 0 Å². The number of amides is 1. The molecule has 0 aliphatic carbocycles. The Morgan fingerprint density at radius 2 is 2.00 bits per heavy atom. The molecule has 4 rings (SSSR count). The third-order valence-corrected chi connectivity index (χ3v) is 7.47. The van der Waals surface area contributed by atoms with Gasteiger partial charge in [-0.1, -0.05) is 12.1 Å². The van der Waals surface area contributed by atoms with E-state index < -0.39 is 10.0 Å². The van der Waals surface area contributed by atoms with Crippen molar-refractivity contribution in [3.8, 4) is 0 Å². The molecule has 2 aliphatic heterocycles. The lowest BCUT2D eigenvalue weighted by molar-refractivity contribution is 0.0544. The Morgan fingerprint density at radius 1 is 1.24 bits per heavy atom. The number of ether oxygens (including phenoxy) is 1. The number of anilines is 1. The standard InChI is InChI=1S/C21H26N2O5S/c1-23-18-5-6-19(16-3-2-4-17(20(16)18)21(23)25)29(26,27)22-12-15(13-24)11-14-7-9-28-10-8-14/h2-6,14-15,22,24H,7-13H2,1H3. The number of benzene rings is 2. The Hall–Kier alpha value is -2.00. The van der Waals surface area contributed by atoms with Gasteiger partial charge in [0.05, 0.1) is 10.6 Å². The fourth-order valence-corrected chi connectivity index (χ4v) is 5.64. The van der Waals surface area contributed by atoms with Gasteiger partial charge in [-0.15, -0.1) is 0 Å². The summed E-state index contributed by atoms with van der Waals surface area (Å²) in [5.41, 5.74) is 1.23. The van der Waals surface area contributed by atoms with E-state index in [0.717, 1.165) is 32.5 Å². The van der Waals surface area contributed by atoms with Crippen molar-refractivity contribution >= 4 is 32.4 Å². The Balaban J connectivity index is 1.56. The van der Waals surface area contributed by atoms with Crippen LogP contribution in [0.4, 0.5) is 5.69 Å². The first-order chi connectivity index (χ1) is 13.9. The number of hydrogen-bond donors (Lipinski definition) is 2.